The van der Waals surface area contributed by atoms with Crippen LogP contribution in [0.5, 0.6) is 0 Å². The summed E-state index contributed by atoms with van der Waals surface area (Å²) < 4.78 is 46.7. The Morgan fingerprint density at radius 1 is 0.969 bits per heavy atom. The zero-order chi connectivity index (χ0) is 22.7. The lowest BCUT2D eigenvalue weighted by molar-refractivity contribution is -0.137. The molecule has 0 N–H and O–H groups in total. The number of alkyl halides is 3. The number of halogens is 4. The molecule has 8 heteroatoms. The highest BCUT2D eigenvalue weighted by Gasteiger charge is 2.31. The van der Waals surface area contributed by atoms with E-state index in [0.29, 0.717) is 16.8 Å². The Morgan fingerprint density at radius 3 is 2.50 bits per heavy atom. The van der Waals surface area contributed by atoms with Crippen LogP contribution in [0.25, 0.3) is 16.8 Å². The maximum atomic E-state index is 13.0. The highest BCUT2D eigenvalue weighted by atomic mass is 79.9. The summed E-state index contributed by atoms with van der Waals surface area (Å²) >= 11 is 3.27. The van der Waals surface area contributed by atoms with Crippen molar-refractivity contribution in [1.82, 2.24) is 15.0 Å². The Kier molecular flexibility index (Phi) is 6.43. The maximum absolute atomic E-state index is 13.0. The van der Waals surface area contributed by atoms with E-state index in [2.05, 4.69) is 51.4 Å². The minimum atomic E-state index is -4.44. The van der Waals surface area contributed by atoms with E-state index in [1.165, 1.54) is 10.7 Å². The van der Waals surface area contributed by atoms with Crippen LogP contribution in [0, 0.1) is 6.92 Å². The molecule has 32 heavy (non-hydrogen) atoms. The fraction of sp³-hybridized carbons (Fsp3) is 0.167. The molecule has 0 aliphatic carbocycles. The lowest BCUT2D eigenvalue weighted by atomic mass is 9.97. The first-order valence-electron chi connectivity index (χ1n) is 9.83. The highest BCUT2D eigenvalue weighted by Crippen LogP contribution is 2.33. The molecule has 164 valence electrons. The molecule has 0 aliphatic heterocycles. The van der Waals surface area contributed by atoms with E-state index < -0.39 is 11.7 Å². The zero-order valence-electron chi connectivity index (χ0n) is 17.1. The molecule has 3 aromatic carbocycles. The minimum Gasteiger partial charge on any atom is -0.370 e. The quantitative estimate of drug-likeness (QED) is 0.293. The Labute approximate surface area is 191 Å². The molecule has 0 atom stereocenters. The summed E-state index contributed by atoms with van der Waals surface area (Å²) in [6.07, 6.45) is -2.87. The Morgan fingerprint density at radius 2 is 1.75 bits per heavy atom. The van der Waals surface area contributed by atoms with Crippen LogP contribution < -0.4 is 0 Å². The van der Waals surface area contributed by atoms with Gasteiger partial charge in [-0.25, -0.2) is 4.68 Å². The van der Waals surface area contributed by atoms with Crippen LogP contribution in [0.15, 0.2) is 77.4 Å². The molecule has 4 nitrogen and oxygen atoms in total. The van der Waals surface area contributed by atoms with Crippen LogP contribution in [0.4, 0.5) is 13.2 Å². The van der Waals surface area contributed by atoms with E-state index >= 15 is 0 Å². The van der Waals surface area contributed by atoms with Crippen molar-refractivity contribution in [2.75, 3.05) is 0 Å². The summed E-state index contributed by atoms with van der Waals surface area (Å²) in [6, 6.07) is 19.6. The third-order valence-corrected chi connectivity index (χ3v) is 5.77. The molecule has 0 radical (unpaired) electrons. The molecule has 0 saturated carbocycles. The van der Waals surface area contributed by atoms with E-state index in [0.717, 1.165) is 34.4 Å². The topological polar surface area (TPSA) is 39.9 Å². The summed E-state index contributed by atoms with van der Waals surface area (Å²) in [5, 5.41) is 7.99. The van der Waals surface area contributed by atoms with Crippen molar-refractivity contribution >= 4 is 15.9 Å². The number of nitrogens with zero attached hydrogens (tertiary/aromatic N) is 3. The van der Waals surface area contributed by atoms with Gasteiger partial charge < -0.3 is 4.74 Å². The molecular formula is C24H19BrF3N3O. The van der Waals surface area contributed by atoms with E-state index in [1.54, 1.807) is 6.20 Å². The molecule has 0 saturated heterocycles. The van der Waals surface area contributed by atoms with Gasteiger partial charge in [0.1, 0.15) is 5.69 Å². The zero-order valence-corrected chi connectivity index (χ0v) is 18.7. The monoisotopic (exact) mass is 501 g/mol. The molecule has 4 aromatic rings. The van der Waals surface area contributed by atoms with Crippen molar-refractivity contribution in [3.63, 3.8) is 0 Å². The van der Waals surface area contributed by atoms with Crippen molar-refractivity contribution in [2.24, 2.45) is 0 Å². The Hall–Kier alpha value is -2.97. The highest BCUT2D eigenvalue weighted by molar-refractivity contribution is 9.10. The van der Waals surface area contributed by atoms with Gasteiger partial charge >= 0.3 is 6.18 Å². The average molecular weight is 502 g/mol. The number of ether oxygens (including phenoxy) is 1. The molecule has 0 fully saturated rings. The van der Waals surface area contributed by atoms with Crippen molar-refractivity contribution in [1.29, 1.82) is 0 Å². The van der Waals surface area contributed by atoms with Crippen LogP contribution in [0.1, 0.15) is 22.4 Å². The largest absolute Gasteiger partial charge is 0.416 e. The molecule has 0 amide bonds. The minimum absolute atomic E-state index is 0.186. The van der Waals surface area contributed by atoms with Gasteiger partial charge in [0.2, 0.25) is 0 Å². The summed E-state index contributed by atoms with van der Waals surface area (Å²) in [7, 11) is 0. The smallest absolute Gasteiger partial charge is 0.370 e. The first kappa shape index (κ1) is 22.2. The number of hydrogen-bond donors (Lipinski definition) is 0. The second kappa shape index (κ2) is 9.26. The third kappa shape index (κ3) is 4.92. The fourth-order valence-corrected chi connectivity index (χ4v) is 3.81. The summed E-state index contributed by atoms with van der Waals surface area (Å²) in [6.45, 7) is 2.63. The van der Waals surface area contributed by atoms with Gasteiger partial charge in [0.15, 0.2) is 0 Å². The van der Waals surface area contributed by atoms with Gasteiger partial charge in [-0.3, -0.25) is 0 Å². The van der Waals surface area contributed by atoms with Crippen molar-refractivity contribution in [3.8, 4) is 16.8 Å². The molecule has 0 bridgehead atoms. The Balaban J connectivity index is 1.45. The van der Waals surface area contributed by atoms with E-state index in [1.807, 2.05) is 30.3 Å². The van der Waals surface area contributed by atoms with Gasteiger partial charge in [-0.2, -0.15) is 13.2 Å². The van der Waals surface area contributed by atoms with E-state index in [9.17, 15) is 13.2 Å². The predicted molar refractivity (Wildman–Crippen MR) is 119 cm³/mol. The van der Waals surface area contributed by atoms with Crippen LogP contribution in [0.2, 0.25) is 0 Å². The molecular weight excluding hydrogens is 483 g/mol. The van der Waals surface area contributed by atoms with Gasteiger partial charge in [-0.1, -0.05) is 53.7 Å². The van der Waals surface area contributed by atoms with Crippen LogP contribution in [0.3, 0.4) is 0 Å². The van der Waals surface area contributed by atoms with Crippen molar-refractivity contribution < 1.29 is 17.9 Å². The van der Waals surface area contributed by atoms with Gasteiger partial charge in [0, 0.05) is 4.47 Å². The van der Waals surface area contributed by atoms with Gasteiger partial charge in [-0.05, 0) is 63.3 Å². The number of hydrogen-bond acceptors (Lipinski definition) is 3. The number of aromatic nitrogens is 3. The molecule has 0 aliphatic rings. The first-order valence-corrected chi connectivity index (χ1v) is 10.6. The summed E-state index contributed by atoms with van der Waals surface area (Å²) in [5.41, 5.74) is 4.50. The summed E-state index contributed by atoms with van der Waals surface area (Å²) in [4.78, 5) is 0. The molecule has 4 rings (SSSR count). The fourth-order valence-electron chi connectivity index (χ4n) is 3.38. The van der Waals surface area contributed by atoms with E-state index in [4.69, 9.17) is 4.74 Å². The molecule has 0 unspecified atom stereocenters. The lowest BCUT2D eigenvalue weighted by Gasteiger charge is -2.12. The average Bonchev–Trinajstić information content (AvgIpc) is 3.24. The Bertz CT molecular complexity index is 1220. The van der Waals surface area contributed by atoms with Crippen LogP contribution in [-0.2, 0) is 24.1 Å². The maximum Gasteiger partial charge on any atom is 0.416 e. The summed E-state index contributed by atoms with van der Waals surface area (Å²) in [5.74, 6) is 0. The number of rotatable bonds is 6. The van der Waals surface area contributed by atoms with Gasteiger partial charge in [0.05, 0.1) is 30.7 Å². The predicted octanol–water partition coefficient (Wildman–Crippen LogP) is 6.74. The normalized spacial score (nSPS) is 11.7. The standard InChI is InChI=1S/C24H19BrF3N3O/c1-16-18(8-5-9-21(16)17-6-3-2-4-7-17)14-32-15-20-13-31(30-29-20)23-12-19(24(26,27)28)10-11-22(23)25/h2-13H,14-15H2,1H3. The lowest BCUT2D eigenvalue weighted by Crippen LogP contribution is -2.07. The van der Waals surface area contributed by atoms with Gasteiger partial charge in [-0.15, -0.1) is 5.10 Å². The molecule has 1 heterocycles. The first-order chi connectivity index (χ1) is 15.3. The third-order valence-electron chi connectivity index (χ3n) is 5.10. The second-order valence-corrected chi connectivity index (χ2v) is 8.12. The SMILES string of the molecule is Cc1c(COCc2cn(-c3cc(C(F)(F)F)ccc3Br)nn2)cccc1-c1ccccc1. The van der Waals surface area contributed by atoms with E-state index in [-0.39, 0.29) is 12.3 Å². The van der Waals surface area contributed by atoms with Crippen LogP contribution >= 0.6 is 15.9 Å². The van der Waals surface area contributed by atoms with Crippen molar-refractivity contribution in [2.45, 2.75) is 26.3 Å². The molecule has 0 spiro atoms. The van der Waals surface area contributed by atoms with Gasteiger partial charge in [0.25, 0.3) is 0 Å². The second-order valence-electron chi connectivity index (χ2n) is 7.27. The number of benzene rings is 3. The molecule has 1 aromatic heterocycles. The van der Waals surface area contributed by atoms with Crippen molar-refractivity contribution in [3.05, 3.63) is 99.8 Å². The van der Waals surface area contributed by atoms with Crippen LogP contribution in [-0.4, -0.2) is 15.0 Å².